The zero-order valence-electron chi connectivity index (χ0n) is 13.5. The maximum atomic E-state index is 11.9. The Balaban J connectivity index is 0.00000102. The Bertz CT molecular complexity index is 603. The van der Waals surface area contributed by atoms with Gasteiger partial charge >= 0.3 is 0 Å². The van der Waals surface area contributed by atoms with Gasteiger partial charge in [-0.1, -0.05) is 52.0 Å². The highest BCUT2D eigenvalue weighted by Gasteiger charge is 2.04. The van der Waals surface area contributed by atoms with E-state index in [2.05, 4.69) is 10.3 Å². The van der Waals surface area contributed by atoms with Crippen molar-refractivity contribution in [3.8, 4) is 0 Å². The van der Waals surface area contributed by atoms with Gasteiger partial charge in [0.05, 0.1) is 5.69 Å². The van der Waals surface area contributed by atoms with Crippen LogP contribution in [0.25, 0.3) is 0 Å². The van der Waals surface area contributed by atoms with Crippen molar-refractivity contribution in [1.82, 2.24) is 0 Å². The normalized spacial score (nSPS) is 8.18. The number of amides is 1. The zero-order valence-corrected chi connectivity index (χ0v) is 13.5. The molecule has 0 heterocycles. The van der Waals surface area contributed by atoms with Gasteiger partial charge in [0.15, 0.2) is 0 Å². The molecule has 1 N–H and O–H groups in total. The summed E-state index contributed by atoms with van der Waals surface area (Å²) >= 11 is 0. The van der Waals surface area contributed by atoms with Crippen LogP contribution in [-0.2, 0) is 4.79 Å². The quantitative estimate of drug-likeness (QED) is 0.643. The van der Waals surface area contributed by atoms with Crippen LogP contribution in [0.4, 0.5) is 11.4 Å². The van der Waals surface area contributed by atoms with Crippen molar-refractivity contribution in [3.05, 3.63) is 60.2 Å². The van der Waals surface area contributed by atoms with Gasteiger partial charge in [0, 0.05) is 11.3 Å². The van der Waals surface area contributed by atoms with Crippen molar-refractivity contribution in [3.63, 3.8) is 0 Å². The minimum absolute atomic E-state index is 0.206. The molecule has 0 fully saturated rings. The number of nitrogens with one attached hydrogen (secondary N) is 1. The highest BCUT2D eigenvalue weighted by atomic mass is 16.1. The monoisotopic (exact) mass is 298 g/mol. The zero-order chi connectivity index (χ0) is 16.8. The van der Waals surface area contributed by atoms with Crippen LogP contribution in [0.3, 0.4) is 0 Å². The van der Waals surface area contributed by atoms with Crippen LogP contribution < -0.4 is 5.32 Å². The molecule has 0 aliphatic heterocycles. The number of anilines is 1. The van der Waals surface area contributed by atoms with E-state index in [0.717, 1.165) is 0 Å². The van der Waals surface area contributed by atoms with E-state index in [0.29, 0.717) is 16.9 Å². The third-order valence-electron chi connectivity index (χ3n) is 2.31. The van der Waals surface area contributed by atoms with E-state index < -0.39 is 0 Å². The van der Waals surface area contributed by atoms with Crippen LogP contribution in [0.1, 0.15) is 38.1 Å². The number of benzene rings is 2. The largest absolute Gasteiger partial charge is 0.322 e. The van der Waals surface area contributed by atoms with Gasteiger partial charge in [0.25, 0.3) is 5.91 Å². The van der Waals surface area contributed by atoms with Crippen molar-refractivity contribution in [2.45, 2.75) is 27.7 Å². The predicted molar refractivity (Wildman–Crippen MR) is 91.3 cm³/mol. The Kier molecular flexibility index (Phi) is 10.6. The van der Waals surface area contributed by atoms with E-state index >= 15 is 0 Å². The molecule has 4 heteroatoms. The van der Waals surface area contributed by atoms with Gasteiger partial charge in [-0.15, -0.1) is 0 Å². The summed E-state index contributed by atoms with van der Waals surface area (Å²) in [4.78, 5) is 25.5. The van der Waals surface area contributed by atoms with Crippen LogP contribution >= 0.6 is 0 Å². The summed E-state index contributed by atoms with van der Waals surface area (Å²) in [6.45, 7) is 8.00. The average molecular weight is 298 g/mol. The number of nitrogens with zero attached hydrogens (tertiary/aromatic N) is 1. The van der Waals surface area contributed by atoms with Gasteiger partial charge in [0.1, 0.15) is 0 Å². The molecule has 2 rings (SSSR count). The van der Waals surface area contributed by atoms with Crippen LogP contribution in [-0.4, -0.2) is 12.0 Å². The molecule has 0 aliphatic carbocycles. The summed E-state index contributed by atoms with van der Waals surface area (Å²) in [6, 6.07) is 15.6. The molecule has 0 saturated heterocycles. The molecule has 0 saturated carbocycles. The van der Waals surface area contributed by atoms with Crippen molar-refractivity contribution in [2.24, 2.45) is 4.99 Å². The molecule has 116 valence electrons. The van der Waals surface area contributed by atoms with Crippen molar-refractivity contribution in [1.29, 1.82) is 0 Å². The minimum Gasteiger partial charge on any atom is -0.322 e. The Morgan fingerprint density at radius 1 is 0.955 bits per heavy atom. The van der Waals surface area contributed by atoms with Gasteiger partial charge in [-0.2, -0.15) is 4.99 Å². The second-order valence-corrected chi connectivity index (χ2v) is 3.57. The number of hydrogen-bond acceptors (Lipinski definition) is 3. The van der Waals surface area contributed by atoms with Crippen LogP contribution in [0.2, 0.25) is 0 Å². The van der Waals surface area contributed by atoms with Gasteiger partial charge < -0.3 is 5.32 Å². The Labute approximate surface area is 131 Å². The lowest BCUT2D eigenvalue weighted by atomic mass is 10.2. The first-order valence-corrected chi connectivity index (χ1v) is 7.34. The average Bonchev–Trinajstić information content (AvgIpc) is 2.60. The lowest BCUT2D eigenvalue weighted by molar-refractivity contribution is 0.102. The van der Waals surface area contributed by atoms with Crippen molar-refractivity contribution >= 4 is 23.4 Å². The number of rotatable bonds is 3. The first-order chi connectivity index (χ1) is 10.8. The Hall–Kier alpha value is -2.71. The number of aliphatic imine (C=N–C) groups is 1. The third kappa shape index (κ3) is 6.64. The molecule has 0 unspecified atom stereocenters. The lowest BCUT2D eigenvalue weighted by Crippen LogP contribution is -2.11. The van der Waals surface area contributed by atoms with E-state index in [9.17, 15) is 9.59 Å². The van der Waals surface area contributed by atoms with Crippen LogP contribution in [0, 0.1) is 0 Å². The van der Waals surface area contributed by atoms with E-state index in [1.807, 2.05) is 33.8 Å². The van der Waals surface area contributed by atoms with E-state index in [1.54, 1.807) is 48.5 Å². The standard InChI is InChI=1S/C14H10N2O2.2C2H6/c17-10-15-12-7-4-8-13(9-12)16-14(18)11-5-2-1-3-6-11;2*1-2/h1-9H,(H,16,18);2*1-2H3. The summed E-state index contributed by atoms with van der Waals surface area (Å²) in [5.41, 5.74) is 1.61. The van der Waals surface area contributed by atoms with Crippen LogP contribution in [0.15, 0.2) is 59.6 Å². The smallest absolute Gasteiger partial charge is 0.255 e. The fourth-order valence-electron chi connectivity index (χ4n) is 1.50. The topological polar surface area (TPSA) is 58.5 Å². The maximum absolute atomic E-state index is 11.9. The molecular weight excluding hydrogens is 276 g/mol. The summed E-state index contributed by atoms with van der Waals surface area (Å²) in [6.07, 6.45) is 1.46. The lowest BCUT2D eigenvalue weighted by Gasteiger charge is -2.05. The highest BCUT2D eigenvalue weighted by molar-refractivity contribution is 6.04. The number of carbonyl (C=O) groups is 1. The summed E-state index contributed by atoms with van der Waals surface area (Å²) < 4.78 is 0. The first-order valence-electron chi connectivity index (χ1n) is 7.34. The summed E-state index contributed by atoms with van der Waals surface area (Å²) in [7, 11) is 0. The van der Waals surface area contributed by atoms with E-state index in [-0.39, 0.29) is 5.91 Å². The molecule has 0 radical (unpaired) electrons. The molecular formula is C18H22N2O2. The molecule has 0 aliphatic rings. The summed E-state index contributed by atoms with van der Waals surface area (Å²) in [5.74, 6) is -0.206. The number of carbonyl (C=O) groups excluding carboxylic acids is 2. The maximum Gasteiger partial charge on any atom is 0.255 e. The molecule has 4 nitrogen and oxygen atoms in total. The number of isocyanates is 1. The minimum atomic E-state index is -0.206. The van der Waals surface area contributed by atoms with Crippen molar-refractivity contribution in [2.75, 3.05) is 5.32 Å². The second kappa shape index (κ2) is 12.1. The molecule has 0 bridgehead atoms. The van der Waals surface area contributed by atoms with Crippen LogP contribution in [0.5, 0.6) is 0 Å². The van der Waals surface area contributed by atoms with Gasteiger partial charge in [-0.25, -0.2) is 4.79 Å². The van der Waals surface area contributed by atoms with Gasteiger partial charge in [-0.05, 0) is 30.3 Å². The van der Waals surface area contributed by atoms with E-state index in [4.69, 9.17) is 0 Å². The molecule has 22 heavy (non-hydrogen) atoms. The number of hydrogen-bond donors (Lipinski definition) is 1. The fourth-order valence-corrected chi connectivity index (χ4v) is 1.50. The molecule has 2 aromatic carbocycles. The fraction of sp³-hybridized carbons (Fsp3) is 0.222. The third-order valence-corrected chi connectivity index (χ3v) is 2.31. The predicted octanol–water partition coefficient (Wildman–Crippen LogP) is 4.96. The SMILES string of the molecule is CC.CC.O=C=Nc1cccc(NC(=O)c2ccccc2)c1. The molecule has 0 atom stereocenters. The molecule has 0 spiro atoms. The molecule has 2 aromatic rings. The second-order valence-electron chi connectivity index (χ2n) is 3.57. The van der Waals surface area contributed by atoms with Gasteiger partial charge in [-0.3, -0.25) is 4.79 Å². The molecule has 0 aromatic heterocycles. The van der Waals surface area contributed by atoms with E-state index in [1.165, 1.54) is 6.08 Å². The van der Waals surface area contributed by atoms with Gasteiger partial charge in [0.2, 0.25) is 6.08 Å². The summed E-state index contributed by atoms with van der Waals surface area (Å²) in [5, 5.41) is 2.73. The Morgan fingerprint density at radius 2 is 1.59 bits per heavy atom. The molecule has 1 amide bonds. The van der Waals surface area contributed by atoms with Crippen molar-refractivity contribution < 1.29 is 9.59 Å². The Morgan fingerprint density at radius 3 is 2.18 bits per heavy atom. The highest BCUT2D eigenvalue weighted by Crippen LogP contribution is 2.17. The first kappa shape index (κ1) is 19.3.